The first-order valence-corrected chi connectivity index (χ1v) is 7.00. The Morgan fingerprint density at radius 1 is 1.29 bits per heavy atom. The molecule has 9 heteroatoms. The smallest absolute Gasteiger partial charge is 0.328 e. The molecule has 0 saturated heterocycles. The molecule has 112 valence electrons. The summed E-state index contributed by atoms with van der Waals surface area (Å²) < 4.78 is 1.47. The molecule has 0 aliphatic rings. The van der Waals surface area contributed by atoms with Gasteiger partial charge in [-0.15, -0.1) is 11.3 Å². The highest BCUT2D eigenvalue weighted by molar-refractivity contribution is 7.20. The molecule has 2 aromatic rings. The monoisotopic (exact) mass is 348 g/mol. The Morgan fingerprint density at radius 2 is 1.90 bits per heavy atom. The zero-order valence-corrected chi connectivity index (χ0v) is 12.7. The van der Waals surface area contributed by atoms with Gasteiger partial charge in [-0.2, -0.15) is 0 Å². The van der Waals surface area contributed by atoms with Crippen LogP contribution in [-0.2, 0) is 16.0 Å². The normalized spacial score (nSPS) is 10.2. The Morgan fingerprint density at radius 3 is 2.29 bits per heavy atom. The van der Waals surface area contributed by atoms with Crippen LogP contribution in [0.25, 0.3) is 0 Å². The van der Waals surface area contributed by atoms with E-state index in [1.165, 1.54) is 11.3 Å². The summed E-state index contributed by atoms with van der Waals surface area (Å²) in [6.45, 7) is 0. The zero-order valence-electron chi connectivity index (χ0n) is 10.4. The van der Waals surface area contributed by atoms with Crippen molar-refractivity contribution in [3.63, 3.8) is 0 Å². The Balaban J connectivity index is 0.000000240. The van der Waals surface area contributed by atoms with Gasteiger partial charge in [-0.3, -0.25) is 0 Å². The number of carboxylic acids is 2. The fourth-order valence-corrected chi connectivity index (χ4v) is 2.71. The molecular formula is C12H10Cl2N2O4S. The Bertz CT molecular complexity index is 622. The first-order valence-electron chi connectivity index (χ1n) is 5.43. The van der Waals surface area contributed by atoms with Crippen molar-refractivity contribution in [2.24, 2.45) is 0 Å². The SMILES string of the molecule is Clc1cc(Cc2cnc[nH]2)c(Cl)s1.O=C(O)/C=C/C(=O)O. The van der Waals surface area contributed by atoms with E-state index in [1.54, 1.807) is 12.5 Å². The quantitative estimate of drug-likeness (QED) is 0.736. The molecule has 0 bridgehead atoms. The van der Waals surface area contributed by atoms with Gasteiger partial charge in [-0.05, 0) is 11.6 Å². The average Bonchev–Trinajstić information content (AvgIpc) is 2.99. The molecule has 0 aliphatic heterocycles. The Kier molecular flexibility index (Phi) is 6.93. The number of aliphatic carboxylic acids is 2. The maximum Gasteiger partial charge on any atom is 0.328 e. The van der Waals surface area contributed by atoms with Gasteiger partial charge in [0.2, 0.25) is 0 Å². The van der Waals surface area contributed by atoms with E-state index in [0.29, 0.717) is 12.2 Å². The topological polar surface area (TPSA) is 103 Å². The van der Waals surface area contributed by atoms with Gasteiger partial charge >= 0.3 is 11.9 Å². The third kappa shape index (κ3) is 6.94. The summed E-state index contributed by atoms with van der Waals surface area (Å²) in [7, 11) is 0. The van der Waals surface area contributed by atoms with Gasteiger partial charge in [0.25, 0.3) is 0 Å². The van der Waals surface area contributed by atoms with Crippen molar-refractivity contribution in [3.8, 4) is 0 Å². The maximum atomic E-state index is 9.55. The van der Waals surface area contributed by atoms with E-state index in [0.717, 1.165) is 26.4 Å². The molecule has 0 saturated carbocycles. The van der Waals surface area contributed by atoms with Crippen LogP contribution in [0.1, 0.15) is 11.3 Å². The van der Waals surface area contributed by atoms with Crippen LogP contribution < -0.4 is 0 Å². The van der Waals surface area contributed by atoms with Gasteiger partial charge < -0.3 is 15.2 Å². The van der Waals surface area contributed by atoms with Crippen molar-refractivity contribution >= 4 is 46.5 Å². The van der Waals surface area contributed by atoms with Crippen LogP contribution in [0, 0.1) is 0 Å². The van der Waals surface area contributed by atoms with E-state index < -0.39 is 11.9 Å². The predicted octanol–water partition coefficient (Wildman–Crippen LogP) is 3.08. The number of thiophene rings is 1. The van der Waals surface area contributed by atoms with Crippen molar-refractivity contribution in [2.75, 3.05) is 0 Å². The highest BCUT2D eigenvalue weighted by atomic mass is 35.5. The number of H-pyrrole nitrogens is 1. The van der Waals surface area contributed by atoms with Crippen molar-refractivity contribution < 1.29 is 19.8 Å². The van der Waals surface area contributed by atoms with Gasteiger partial charge in [0, 0.05) is 30.5 Å². The predicted molar refractivity (Wildman–Crippen MR) is 80.1 cm³/mol. The number of hydrogen-bond acceptors (Lipinski definition) is 4. The summed E-state index contributed by atoms with van der Waals surface area (Å²) in [6, 6.07) is 1.88. The summed E-state index contributed by atoms with van der Waals surface area (Å²) in [4.78, 5) is 26.0. The Labute approximate surface area is 133 Å². The molecule has 0 fully saturated rings. The second-order valence-electron chi connectivity index (χ2n) is 3.61. The first kappa shape index (κ1) is 17.2. The average molecular weight is 349 g/mol. The van der Waals surface area contributed by atoms with Crippen LogP contribution in [0.3, 0.4) is 0 Å². The lowest BCUT2D eigenvalue weighted by molar-refractivity contribution is -0.134. The van der Waals surface area contributed by atoms with Gasteiger partial charge in [0.1, 0.15) is 0 Å². The van der Waals surface area contributed by atoms with E-state index >= 15 is 0 Å². The van der Waals surface area contributed by atoms with E-state index in [4.69, 9.17) is 33.4 Å². The van der Waals surface area contributed by atoms with E-state index in [2.05, 4.69) is 9.97 Å². The van der Waals surface area contributed by atoms with E-state index in [-0.39, 0.29) is 0 Å². The number of nitrogens with one attached hydrogen (secondary N) is 1. The number of aromatic amines is 1. The largest absolute Gasteiger partial charge is 0.478 e. The highest BCUT2D eigenvalue weighted by Crippen LogP contribution is 2.32. The standard InChI is InChI=1S/C8H6Cl2N2S.C4H4O4/c9-7-2-5(8(10)13-7)1-6-3-11-4-12-6;5-3(6)1-2-4(7)8/h2-4H,1H2,(H,11,12);1-2H,(H,5,6)(H,7,8)/b;2-1+. The summed E-state index contributed by atoms with van der Waals surface area (Å²) in [6.07, 6.45) is 5.30. The third-order valence-corrected chi connectivity index (χ3v) is 3.60. The van der Waals surface area contributed by atoms with Crippen molar-refractivity contribution in [2.45, 2.75) is 6.42 Å². The molecular weight excluding hydrogens is 339 g/mol. The molecule has 0 aliphatic carbocycles. The van der Waals surface area contributed by atoms with E-state index in [1.807, 2.05) is 6.07 Å². The first-order chi connectivity index (χ1) is 9.88. The number of nitrogens with zero attached hydrogens (tertiary/aromatic N) is 1. The lowest BCUT2D eigenvalue weighted by Crippen LogP contribution is -1.91. The van der Waals surface area contributed by atoms with E-state index in [9.17, 15) is 9.59 Å². The molecule has 6 nitrogen and oxygen atoms in total. The number of halogens is 2. The molecule has 0 aromatic carbocycles. The molecule has 3 N–H and O–H groups in total. The highest BCUT2D eigenvalue weighted by Gasteiger charge is 2.06. The molecule has 2 rings (SSSR count). The van der Waals surface area contributed by atoms with Gasteiger partial charge in [0.05, 0.1) is 15.0 Å². The summed E-state index contributed by atoms with van der Waals surface area (Å²) in [5.74, 6) is -2.51. The van der Waals surface area contributed by atoms with Crippen LogP contribution >= 0.6 is 34.5 Å². The Hall–Kier alpha value is -1.83. The fraction of sp³-hybridized carbons (Fsp3) is 0.0833. The van der Waals surface area contributed by atoms with Crippen molar-refractivity contribution in [1.29, 1.82) is 0 Å². The molecule has 0 amide bonds. The second-order valence-corrected chi connectivity index (χ2v) is 5.90. The van der Waals surface area contributed by atoms with Crippen molar-refractivity contribution in [3.05, 3.63) is 50.7 Å². The lowest BCUT2D eigenvalue weighted by Gasteiger charge is -1.93. The molecule has 0 spiro atoms. The van der Waals surface area contributed by atoms with Gasteiger partial charge in [-0.25, -0.2) is 14.6 Å². The minimum atomic E-state index is -1.26. The number of hydrogen-bond donors (Lipinski definition) is 3. The molecule has 2 aromatic heterocycles. The number of carbonyl (C=O) groups is 2. The summed E-state index contributed by atoms with van der Waals surface area (Å²) in [5.41, 5.74) is 2.08. The molecule has 0 unspecified atom stereocenters. The maximum absolute atomic E-state index is 9.55. The third-order valence-electron chi connectivity index (χ3n) is 2.03. The summed E-state index contributed by atoms with van der Waals surface area (Å²) >= 11 is 13.2. The number of carboxylic acid groups (broad SMARTS) is 2. The van der Waals surface area contributed by atoms with Crippen LogP contribution in [0.5, 0.6) is 0 Å². The van der Waals surface area contributed by atoms with Gasteiger partial charge in [0.15, 0.2) is 0 Å². The number of imidazole rings is 1. The minimum absolute atomic E-state index is 0.558. The van der Waals surface area contributed by atoms with Crippen LogP contribution in [0.4, 0.5) is 0 Å². The zero-order chi connectivity index (χ0) is 15.8. The molecule has 0 atom stereocenters. The van der Waals surface area contributed by atoms with Gasteiger partial charge in [-0.1, -0.05) is 23.2 Å². The van der Waals surface area contributed by atoms with Crippen molar-refractivity contribution in [1.82, 2.24) is 9.97 Å². The van der Waals surface area contributed by atoms with Crippen LogP contribution in [-0.4, -0.2) is 32.1 Å². The second kappa shape index (κ2) is 8.46. The fourth-order valence-electron chi connectivity index (χ4n) is 1.22. The molecule has 21 heavy (non-hydrogen) atoms. The lowest BCUT2D eigenvalue weighted by atomic mass is 10.2. The minimum Gasteiger partial charge on any atom is -0.478 e. The molecule has 0 radical (unpaired) electrons. The molecule has 2 heterocycles. The number of rotatable bonds is 4. The number of aromatic nitrogens is 2. The van der Waals surface area contributed by atoms with Crippen LogP contribution in [0.2, 0.25) is 8.67 Å². The van der Waals surface area contributed by atoms with Crippen LogP contribution in [0.15, 0.2) is 30.7 Å². The summed E-state index contributed by atoms with van der Waals surface area (Å²) in [5, 5.41) is 15.6.